The van der Waals surface area contributed by atoms with Crippen LogP contribution < -0.4 is 0 Å². The van der Waals surface area contributed by atoms with E-state index in [1.807, 2.05) is 0 Å². The maximum atomic E-state index is 13.7. The molecular weight excluding hydrogens is 585 g/mol. The summed E-state index contributed by atoms with van der Waals surface area (Å²) in [4.78, 5) is -0.457. The highest BCUT2D eigenvalue weighted by Crippen LogP contribution is 2.56. The summed E-state index contributed by atoms with van der Waals surface area (Å²) in [5.74, 6) is -6.19. The van der Waals surface area contributed by atoms with Gasteiger partial charge in [0.05, 0.1) is 4.32 Å². The number of benzene rings is 1. The molecule has 1 radical (unpaired) electrons. The molecule has 0 N–H and O–H groups in total. The van der Waals surface area contributed by atoms with E-state index in [-0.39, 0.29) is 4.48 Å². The van der Waals surface area contributed by atoms with Crippen LogP contribution in [-0.4, -0.2) is 17.4 Å². The molecule has 0 fully saturated rings. The van der Waals surface area contributed by atoms with Gasteiger partial charge in [0.2, 0.25) is 0 Å². The Kier molecular flexibility index (Phi) is 6.38. The number of allylic oxidation sites excluding steroid dienone is 3. The number of hydrogen-bond donors (Lipinski definition) is 0. The van der Waals surface area contributed by atoms with E-state index >= 15 is 0 Å². The van der Waals surface area contributed by atoms with Crippen LogP contribution in [0.5, 0.6) is 0 Å². The fourth-order valence-corrected chi connectivity index (χ4v) is 5.94. The topological polar surface area (TPSA) is 0 Å². The Bertz CT molecular complexity index is 758. The summed E-state index contributed by atoms with van der Waals surface area (Å²) < 4.78 is 90.3. The Labute approximate surface area is 173 Å². The molecule has 2 rings (SSSR count). The van der Waals surface area contributed by atoms with Crippen molar-refractivity contribution in [2.24, 2.45) is 0 Å². The Morgan fingerprint density at radius 3 is 2.04 bits per heavy atom. The third-order valence-corrected chi connectivity index (χ3v) is 6.25. The summed E-state index contributed by atoms with van der Waals surface area (Å²) in [7, 11) is 0. The van der Waals surface area contributed by atoms with E-state index in [9.17, 15) is 30.7 Å². The molecule has 1 unspecified atom stereocenters. The van der Waals surface area contributed by atoms with Gasteiger partial charge in [-0.3, -0.25) is 0 Å². The van der Waals surface area contributed by atoms with Gasteiger partial charge in [0, 0.05) is 20.3 Å². The van der Waals surface area contributed by atoms with Crippen LogP contribution in [0.1, 0.15) is 5.56 Å². The first kappa shape index (κ1) is 22.3. The molecule has 11 heteroatoms. The molecule has 0 heterocycles. The third kappa shape index (κ3) is 4.35. The van der Waals surface area contributed by atoms with Crippen molar-refractivity contribution in [2.75, 3.05) is 0 Å². The zero-order chi connectivity index (χ0) is 20.0. The lowest BCUT2D eigenvalue weighted by atomic mass is 9.92. The van der Waals surface area contributed by atoms with Gasteiger partial charge < -0.3 is 0 Å². The Hall–Kier alpha value is -0.000000000000000111. The van der Waals surface area contributed by atoms with Crippen LogP contribution in [0.3, 0.4) is 0 Å². The molecule has 0 saturated carbocycles. The highest BCUT2D eigenvalue weighted by atomic mass is 79.9. The number of hydrogen-bond acceptors (Lipinski definition) is 1. The largest absolute Gasteiger partial charge is 0.460 e. The lowest BCUT2D eigenvalue weighted by molar-refractivity contribution is -0.330. The zero-order valence-electron chi connectivity index (χ0n) is 12.2. The van der Waals surface area contributed by atoms with Gasteiger partial charge in [-0.05, 0) is 35.5 Å². The van der Waals surface area contributed by atoms with Crippen LogP contribution in [0, 0.1) is 6.42 Å². The quantitative estimate of drug-likeness (QED) is 0.253. The smallest absolute Gasteiger partial charge is 0.188 e. The van der Waals surface area contributed by atoms with Crippen molar-refractivity contribution in [1.29, 1.82) is 0 Å². The lowest BCUT2D eigenvalue weighted by Gasteiger charge is -2.32. The first-order chi connectivity index (χ1) is 11.7. The number of alkyl halides is 8. The second-order valence-corrected chi connectivity index (χ2v) is 9.43. The Balaban J connectivity index is 2.43. The highest BCUT2D eigenvalue weighted by Gasteiger charge is 2.73. The molecule has 1 atom stereocenters. The van der Waals surface area contributed by atoms with E-state index in [2.05, 4.69) is 47.8 Å². The van der Waals surface area contributed by atoms with Gasteiger partial charge in [-0.15, -0.1) is 0 Å². The molecule has 0 saturated heterocycles. The normalized spacial score (nSPS) is 22.1. The zero-order valence-corrected chi connectivity index (χ0v) is 17.8. The number of thioether (sulfide) groups is 1. The van der Waals surface area contributed by atoms with E-state index in [1.54, 1.807) is 30.7 Å². The number of rotatable bonds is 4. The summed E-state index contributed by atoms with van der Waals surface area (Å²) in [6.07, 6.45) is -2.64. The van der Waals surface area contributed by atoms with Gasteiger partial charge in [0.25, 0.3) is 0 Å². The molecule has 143 valence electrons. The standard InChI is InChI=1S/C15H7Br3F7S/c16-8-5-9(26-15(24,25)13(19,20)14(21,22)23)7-12(18,6-8)10-3-1-2-4-11(10)17/h1-7H. The van der Waals surface area contributed by atoms with Crippen molar-refractivity contribution >= 4 is 59.6 Å². The van der Waals surface area contributed by atoms with Crippen LogP contribution in [-0.2, 0) is 4.32 Å². The predicted molar refractivity (Wildman–Crippen MR) is 97.7 cm³/mol. The maximum absolute atomic E-state index is 13.7. The molecule has 0 amide bonds. The molecule has 1 aromatic carbocycles. The van der Waals surface area contributed by atoms with Crippen LogP contribution in [0.2, 0.25) is 0 Å². The molecule has 1 aliphatic carbocycles. The predicted octanol–water partition coefficient (Wildman–Crippen LogP) is 7.94. The average molecular weight is 592 g/mol. The van der Waals surface area contributed by atoms with E-state index in [1.165, 1.54) is 0 Å². The van der Waals surface area contributed by atoms with E-state index in [4.69, 9.17) is 0 Å². The van der Waals surface area contributed by atoms with Gasteiger partial charge in [-0.1, -0.05) is 66.0 Å². The van der Waals surface area contributed by atoms with E-state index in [0.29, 0.717) is 10.0 Å². The minimum Gasteiger partial charge on any atom is -0.188 e. The molecule has 1 aromatic rings. The minimum atomic E-state index is -6.38. The van der Waals surface area contributed by atoms with Gasteiger partial charge in [-0.2, -0.15) is 30.7 Å². The molecule has 0 spiro atoms. The van der Waals surface area contributed by atoms with E-state index < -0.39 is 38.3 Å². The van der Waals surface area contributed by atoms with Crippen LogP contribution in [0.15, 0.2) is 50.3 Å². The third-order valence-electron chi connectivity index (χ3n) is 3.23. The van der Waals surface area contributed by atoms with Gasteiger partial charge in [-0.25, -0.2) is 0 Å². The summed E-state index contributed by atoms with van der Waals surface area (Å²) in [6, 6.07) is 6.68. The van der Waals surface area contributed by atoms with Crippen molar-refractivity contribution in [3.8, 4) is 0 Å². The minimum absolute atomic E-state index is 0.237. The van der Waals surface area contributed by atoms with Crippen molar-refractivity contribution in [2.45, 2.75) is 21.7 Å². The SMILES string of the molecule is FC(F)(F)C(F)(F)C(F)(F)SC1=CC(Br)(c2ccccc2Br)[CH]C(Br)=C1. The van der Waals surface area contributed by atoms with Crippen molar-refractivity contribution in [3.05, 3.63) is 62.3 Å². The summed E-state index contributed by atoms with van der Waals surface area (Å²) >= 11 is 8.85. The van der Waals surface area contributed by atoms with E-state index in [0.717, 1.165) is 12.2 Å². The highest BCUT2D eigenvalue weighted by molar-refractivity contribution is 9.12. The van der Waals surface area contributed by atoms with Crippen LogP contribution in [0.25, 0.3) is 0 Å². The van der Waals surface area contributed by atoms with Gasteiger partial charge in [0.15, 0.2) is 0 Å². The van der Waals surface area contributed by atoms with Gasteiger partial charge in [0.1, 0.15) is 0 Å². The molecule has 0 aromatic heterocycles. The van der Waals surface area contributed by atoms with Crippen molar-refractivity contribution in [3.63, 3.8) is 0 Å². The molecule has 0 nitrogen and oxygen atoms in total. The monoisotopic (exact) mass is 589 g/mol. The summed E-state index contributed by atoms with van der Waals surface area (Å²) in [5.41, 5.74) is 0.550. The molecule has 0 bridgehead atoms. The fraction of sp³-hybridized carbons (Fsp3) is 0.267. The molecular formula is C15H7Br3F7S. The van der Waals surface area contributed by atoms with Crippen molar-refractivity contribution < 1.29 is 30.7 Å². The second-order valence-electron chi connectivity index (χ2n) is 5.16. The summed E-state index contributed by atoms with van der Waals surface area (Å²) in [5, 5.41) is -5.39. The molecule has 0 aliphatic heterocycles. The lowest BCUT2D eigenvalue weighted by Crippen LogP contribution is -2.50. The molecule has 26 heavy (non-hydrogen) atoms. The summed E-state index contributed by atoms with van der Waals surface area (Å²) in [6.45, 7) is 0. The first-order valence-corrected chi connectivity index (χ1v) is 9.80. The first-order valence-electron chi connectivity index (χ1n) is 6.61. The van der Waals surface area contributed by atoms with Gasteiger partial charge >= 0.3 is 17.4 Å². The average Bonchev–Trinajstić information content (AvgIpc) is 2.44. The number of halogens is 10. The second kappa shape index (κ2) is 7.44. The van der Waals surface area contributed by atoms with Crippen LogP contribution >= 0.6 is 59.6 Å². The Morgan fingerprint density at radius 2 is 1.50 bits per heavy atom. The maximum Gasteiger partial charge on any atom is 0.460 e. The van der Waals surface area contributed by atoms with Crippen molar-refractivity contribution in [1.82, 2.24) is 0 Å². The van der Waals surface area contributed by atoms with Crippen LogP contribution in [0.4, 0.5) is 30.7 Å². The molecule has 1 aliphatic rings. The Morgan fingerprint density at radius 1 is 0.923 bits per heavy atom. The fourth-order valence-electron chi connectivity index (χ4n) is 2.03.